The van der Waals surface area contributed by atoms with Crippen molar-refractivity contribution in [1.82, 2.24) is 10.3 Å². The van der Waals surface area contributed by atoms with E-state index in [0.717, 1.165) is 30.3 Å². The van der Waals surface area contributed by atoms with E-state index in [4.69, 9.17) is 5.73 Å². The summed E-state index contributed by atoms with van der Waals surface area (Å²) >= 11 is 0. The van der Waals surface area contributed by atoms with Crippen molar-refractivity contribution in [2.45, 2.75) is 50.0 Å². The molecular weight excluding hydrogens is 294 g/mol. The summed E-state index contributed by atoms with van der Waals surface area (Å²) in [6.07, 6.45) is 9.69. The van der Waals surface area contributed by atoms with Gasteiger partial charge in [-0.25, -0.2) is 0 Å². The third-order valence-electron chi connectivity index (χ3n) is 6.73. The Bertz CT molecular complexity index is 766. The van der Waals surface area contributed by atoms with Crippen LogP contribution < -0.4 is 11.1 Å². The number of aromatic nitrogens is 1. The van der Waals surface area contributed by atoms with Gasteiger partial charge in [-0.1, -0.05) is 18.9 Å². The number of hydrogen-bond donors (Lipinski definition) is 2. The summed E-state index contributed by atoms with van der Waals surface area (Å²) in [5.41, 5.74) is 13.0. The average Bonchev–Trinajstić information content (AvgIpc) is 2.63. The molecule has 124 valence electrons. The number of nitrogens with two attached hydrogens (primary N) is 1. The SMILES string of the molecule is Nc1cc(-c2ccccn2)c2c(c1)[C@@]13CCCC[C@H]1[C@@H](C2)NCC3. The van der Waals surface area contributed by atoms with Crippen LogP contribution in [0.3, 0.4) is 0 Å². The van der Waals surface area contributed by atoms with Crippen LogP contribution in [0.25, 0.3) is 11.3 Å². The van der Waals surface area contributed by atoms with Gasteiger partial charge in [0.2, 0.25) is 0 Å². The highest BCUT2D eigenvalue weighted by atomic mass is 15.0. The van der Waals surface area contributed by atoms with Crippen LogP contribution in [-0.2, 0) is 11.8 Å². The Labute approximate surface area is 143 Å². The molecule has 24 heavy (non-hydrogen) atoms. The number of rotatable bonds is 1. The van der Waals surface area contributed by atoms with Gasteiger partial charge in [0.15, 0.2) is 0 Å². The van der Waals surface area contributed by atoms with Gasteiger partial charge in [0, 0.05) is 28.9 Å². The predicted octanol–water partition coefficient (Wildman–Crippen LogP) is 3.68. The van der Waals surface area contributed by atoms with Crippen LogP contribution in [-0.4, -0.2) is 17.6 Å². The summed E-state index contributed by atoms with van der Waals surface area (Å²) in [5.74, 6) is 0.783. The molecule has 0 amide bonds. The fraction of sp³-hybridized carbons (Fsp3) is 0.476. The Kier molecular flexibility index (Phi) is 3.21. The van der Waals surface area contributed by atoms with Gasteiger partial charge in [-0.05, 0) is 73.5 Å². The van der Waals surface area contributed by atoms with Crippen LogP contribution in [0.15, 0.2) is 36.5 Å². The summed E-state index contributed by atoms with van der Waals surface area (Å²) in [4.78, 5) is 4.62. The number of pyridine rings is 1. The van der Waals surface area contributed by atoms with Gasteiger partial charge in [-0.15, -0.1) is 0 Å². The van der Waals surface area contributed by atoms with Crippen molar-refractivity contribution in [1.29, 1.82) is 0 Å². The zero-order chi connectivity index (χ0) is 16.1. The second kappa shape index (κ2) is 5.32. The standard InChI is InChI=1S/C21H25N3/c22-14-11-16(19-6-2-4-9-23-19)15-13-20-17-5-1-3-7-21(17,8-10-24-20)18(15)12-14/h2,4,6,9,11-12,17,20,24H,1,3,5,7-8,10,13,22H2/t17-,20+,21+/m0/s1. The quantitative estimate of drug-likeness (QED) is 0.788. The number of benzene rings is 1. The zero-order valence-corrected chi connectivity index (χ0v) is 14.1. The van der Waals surface area contributed by atoms with Crippen molar-refractivity contribution in [2.24, 2.45) is 5.92 Å². The number of anilines is 1. The minimum Gasteiger partial charge on any atom is -0.399 e. The lowest BCUT2D eigenvalue weighted by molar-refractivity contribution is 0.0800. The predicted molar refractivity (Wildman–Crippen MR) is 97.8 cm³/mol. The average molecular weight is 319 g/mol. The molecule has 0 radical (unpaired) electrons. The Morgan fingerprint density at radius 2 is 2.12 bits per heavy atom. The number of nitrogens with zero attached hydrogens (tertiary/aromatic N) is 1. The Hall–Kier alpha value is -1.87. The van der Waals surface area contributed by atoms with Crippen LogP contribution in [0.5, 0.6) is 0 Å². The van der Waals surface area contributed by atoms with Crippen molar-refractivity contribution in [2.75, 3.05) is 12.3 Å². The highest BCUT2D eigenvalue weighted by Gasteiger charge is 2.51. The van der Waals surface area contributed by atoms with E-state index in [0.29, 0.717) is 11.5 Å². The second-order valence-corrected chi connectivity index (χ2v) is 7.83. The first-order valence-electron chi connectivity index (χ1n) is 9.36. The molecule has 1 aromatic carbocycles. The minimum absolute atomic E-state index is 0.348. The maximum atomic E-state index is 6.36. The molecule has 0 unspecified atom stereocenters. The lowest BCUT2D eigenvalue weighted by Gasteiger charge is -2.56. The van der Waals surface area contributed by atoms with Crippen molar-refractivity contribution in [3.8, 4) is 11.3 Å². The van der Waals surface area contributed by atoms with E-state index < -0.39 is 0 Å². The van der Waals surface area contributed by atoms with Gasteiger partial charge < -0.3 is 11.1 Å². The molecule has 2 aromatic rings. The van der Waals surface area contributed by atoms with E-state index in [1.54, 1.807) is 5.56 Å². The van der Waals surface area contributed by atoms with Crippen molar-refractivity contribution in [3.05, 3.63) is 47.7 Å². The molecule has 5 rings (SSSR count). The molecule has 1 aliphatic heterocycles. The Morgan fingerprint density at radius 3 is 3.00 bits per heavy atom. The molecule has 2 fully saturated rings. The van der Waals surface area contributed by atoms with Gasteiger partial charge in [-0.3, -0.25) is 4.98 Å². The number of nitrogen functional groups attached to an aromatic ring is 1. The number of piperidine rings is 1. The fourth-order valence-electron chi connectivity index (χ4n) is 5.80. The second-order valence-electron chi connectivity index (χ2n) is 7.83. The summed E-state index contributed by atoms with van der Waals surface area (Å²) in [7, 11) is 0. The molecule has 2 heterocycles. The first kappa shape index (κ1) is 14.5. The van der Waals surface area contributed by atoms with Crippen LogP contribution in [0, 0.1) is 5.92 Å². The van der Waals surface area contributed by atoms with Crippen LogP contribution >= 0.6 is 0 Å². The van der Waals surface area contributed by atoms with E-state index in [1.807, 2.05) is 12.3 Å². The molecule has 3 nitrogen and oxygen atoms in total. The Balaban J connectivity index is 1.75. The maximum Gasteiger partial charge on any atom is 0.0705 e. The monoisotopic (exact) mass is 319 g/mol. The maximum absolute atomic E-state index is 6.36. The first-order chi connectivity index (χ1) is 11.8. The van der Waals surface area contributed by atoms with Gasteiger partial charge in [0.25, 0.3) is 0 Å². The topological polar surface area (TPSA) is 50.9 Å². The zero-order valence-electron chi connectivity index (χ0n) is 14.1. The van der Waals surface area contributed by atoms with Crippen molar-refractivity contribution >= 4 is 5.69 Å². The summed E-state index contributed by atoms with van der Waals surface area (Å²) < 4.78 is 0. The smallest absolute Gasteiger partial charge is 0.0705 e. The number of nitrogens with one attached hydrogen (secondary N) is 1. The van der Waals surface area contributed by atoms with E-state index >= 15 is 0 Å². The summed E-state index contributed by atoms with van der Waals surface area (Å²) in [5, 5.41) is 3.83. The van der Waals surface area contributed by atoms with E-state index in [2.05, 4.69) is 34.6 Å². The molecule has 1 aromatic heterocycles. The van der Waals surface area contributed by atoms with Gasteiger partial charge >= 0.3 is 0 Å². The molecule has 3 aliphatic rings. The van der Waals surface area contributed by atoms with Gasteiger partial charge in [0.05, 0.1) is 5.69 Å². The van der Waals surface area contributed by atoms with Crippen LogP contribution in [0.1, 0.15) is 43.2 Å². The van der Waals surface area contributed by atoms with Crippen LogP contribution in [0.4, 0.5) is 5.69 Å². The van der Waals surface area contributed by atoms with Gasteiger partial charge in [0.1, 0.15) is 0 Å². The third kappa shape index (κ3) is 1.97. The number of fused-ring (bicyclic) bond motifs is 1. The highest BCUT2D eigenvalue weighted by molar-refractivity contribution is 5.72. The minimum atomic E-state index is 0.348. The summed E-state index contributed by atoms with van der Waals surface area (Å²) in [6, 6.07) is 11.2. The molecular formula is C21H25N3. The van der Waals surface area contributed by atoms with E-state index in [1.165, 1.54) is 43.2 Å². The molecule has 1 saturated carbocycles. The normalized spacial score (nSPS) is 31.2. The van der Waals surface area contributed by atoms with Crippen molar-refractivity contribution < 1.29 is 0 Å². The molecule has 3 N–H and O–H groups in total. The van der Waals surface area contributed by atoms with E-state index in [-0.39, 0.29) is 0 Å². The molecule has 1 saturated heterocycles. The summed E-state index contributed by atoms with van der Waals surface area (Å²) in [6.45, 7) is 1.15. The first-order valence-corrected chi connectivity index (χ1v) is 9.36. The lowest BCUT2D eigenvalue weighted by Crippen LogP contribution is -2.59. The molecule has 2 bridgehead atoms. The van der Waals surface area contributed by atoms with Gasteiger partial charge in [-0.2, -0.15) is 0 Å². The fourth-order valence-corrected chi connectivity index (χ4v) is 5.80. The molecule has 3 heteroatoms. The van der Waals surface area contributed by atoms with Crippen molar-refractivity contribution in [3.63, 3.8) is 0 Å². The molecule has 3 atom stereocenters. The van der Waals surface area contributed by atoms with Crippen LogP contribution in [0.2, 0.25) is 0 Å². The highest BCUT2D eigenvalue weighted by Crippen LogP contribution is 2.55. The molecule has 2 aliphatic carbocycles. The third-order valence-corrected chi connectivity index (χ3v) is 6.73. The lowest BCUT2D eigenvalue weighted by atomic mass is 9.52. The Morgan fingerprint density at radius 1 is 1.17 bits per heavy atom. The molecule has 0 spiro atoms. The largest absolute Gasteiger partial charge is 0.399 e. The number of hydrogen-bond acceptors (Lipinski definition) is 3. The van der Waals surface area contributed by atoms with E-state index in [9.17, 15) is 0 Å².